The molecule has 10 heteroatoms. The summed E-state index contributed by atoms with van der Waals surface area (Å²) in [7, 11) is 0. The van der Waals surface area contributed by atoms with E-state index in [0.717, 1.165) is 70.9 Å². The van der Waals surface area contributed by atoms with Gasteiger partial charge in [0.2, 0.25) is 5.36 Å². The van der Waals surface area contributed by atoms with E-state index in [4.69, 9.17) is 14.5 Å². The summed E-state index contributed by atoms with van der Waals surface area (Å²) in [5.41, 5.74) is 2.13. The lowest BCUT2D eigenvalue weighted by Gasteiger charge is -2.27. The highest BCUT2D eigenvalue weighted by molar-refractivity contribution is 7.21. The molecule has 1 aliphatic carbocycles. The standard InChI is InChI=1S/C32H44N5O4S/c1-31(2,3)40-29(38)36-15-7-13-34(17-19-36)23-9-11-25-27(21-23)42-28-22-24(10-12-26(28)33-25)35-14-8-16-37(20-18-35)30(39)41-32(4,5)6/h9-12,21-22H,7-8,13-20H2,1-6H3/q+1. The van der Waals surface area contributed by atoms with E-state index < -0.39 is 11.2 Å². The van der Waals surface area contributed by atoms with E-state index >= 15 is 0 Å². The van der Waals surface area contributed by atoms with Crippen LogP contribution in [0.1, 0.15) is 54.4 Å². The van der Waals surface area contributed by atoms with E-state index in [-0.39, 0.29) is 12.2 Å². The molecule has 5 rings (SSSR count). The third-order valence-corrected chi connectivity index (χ3v) is 8.47. The molecule has 42 heavy (non-hydrogen) atoms. The number of ether oxygens (including phenoxy) is 2. The molecule has 0 saturated carbocycles. The molecule has 2 fully saturated rings. The van der Waals surface area contributed by atoms with Gasteiger partial charge in [-0.3, -0.25) is 0 Å². The Hall–Kier alpha value is -3.40. The Labute approximate surface area is 252 Å². The Morgan fingerprint density at radius 3 is 2.19 bits per heavy atom. The molecule has 1 aromatic rings. The summed E-state index contributed by atoms with van der Waals surface area (Å²) < 4.78 is 14.7. The molecule has 3 aliphatic heterocycles. The SMILES string of the molecule is CC(C)(C)OC(=O)N1CCCN(c2ccc3nc4ccc(=[N+]5CCCN(C(=O)OC(C)(C)C)CC5)cc-4sc3c2)CC1. The highest BCUT2D eigenvalue weighted by Gasteiger charge is 2.27. The second-order valence-corrected chi connectivity index (χ2v) is 14.2. The Morgan fingerprint density at radius 2 is 1.48 bits per heavy atom. The van der Waals surface area contributed by atoms with E-state index in [2.05, 4.69) is 45.9 Å². The minimum absolute atomic E-state index is 0.237. The molecule has 0 bridgehead atoms. The van der Waals surface area contributed by atoms with Gasteiger partial charge in [-0.25, -0.2) is 19.1 Å². The lowest BCUT2D eigenvalue weighted by atomic mass is 10.2. The van der Waals surface area contributed by atoms with Crippen LogP contribution < -0.4 is 14.8 Å². The quantitative estimate of drug-likeness (QED) is 0.283. The summed E-state index contributed by atoms with van der Waals surface area (Å²) in [6.07, 6.45) is 1.31. The summed E-state index contributed by atoms with van der Waals surface area (Å²) in [4.78, 5) is 37.3. The lowest BCUT2D eigenvalue weighted by Crippen LogP contribution is -2.39. The summed E-state index contributed by atoms with van der Waals surface area (Å²) >= 11 is 1.76. The first-order valence-electron chi connectivity index (χ1n) is 15.0. The van der Waals surface area contributed by atoms with Crippen molar-refractivity contribution < 1.29 is 19.1 Å². The van der Waals surface area contributed by atoms with Crippen LogP contribution in [0.25, 0.3) is 20.8 Å². The summed E-state index contributed by atoms with van der Waals surface area (Å²) in [5.74, 6) is 0. The minimum atomic E-state index is -0.494. The molecule has 4 aliphatic rings. The third kappa shape index (κ3) is 7.51. The predicted octanol–water partition coefficient (Wildman–Crippen LogP) is 5.26. The zero-order valence-corrected chi connectivity index (χ0v) is 26.6. The molecule has 1 aromatic carbocycles. The van der Waals surface area contributed by atoms with Crippen molar-refractivity contribution in [2.24, 2.45) is 0 Å². The number of aromatic nitrogens is 1. The molecule has 0 unspecified atom stereocenters. The zero-order chi connectivity index (χ0) is 30.1. The Kier molecular flexibility index (Phi) is 8.64. The van der Waals surface area contributed by atoms with Crippen LogP contribution in [0.5, 0.6) is 0 Å². The molecule has 9 nitrogen and oxygen atoms in total. The van der Waals surface area contributed by atoms with E-state index in [9.17, 15) is 9.59 Å². The molecule has 0 radical (unpaired) electrons. The minimum Gasteiger partial charge on any atom is -0.444 e. The second kappa shape index (κ2) is 12.1. The predicted molar refractivity (Wildman–Crippen MR) is 168 cm³/mol. The first-order chi connectivity index (χ1) is 19.8. The number of benzene rings is 2. The van der Waals surface area contributed by atoms with Crippen molar-refractivity contribution in [3.05, 3.63) is 41.8 Å². The average molecular weight is 595 g/mol. The van der Waals surface area contributed by atoms with Crippen LogP contribution >= 0.6 is 11.3 Å². The van der Waals surface area contributed by atoms with Crippen molar-refractivity contribution in [2.45, 2.75) is 65.6 Å². The van der Waals surface area contributed by atoms with Gasteiger partial charge < -0.3 is 24.2 Å². The number of carbonyl (C=O) groups excluding carboxylic acids is 2. The van der Waals surface area contributed by atoms with E-state index in [1.165, 1.54) is 0 Å². The molecule has 226 valence electrons. The zero-order valence-electron chi connectivity index (χ0n) is 25.8. The van der Waals surface area contributed by atoms with Crippen molar-refractivity contribution in [2.75, 3.05) is 57.3 Å². The molecule has 2 saturated heterocycles. The van der Waals surface area contributed by atoms with Gasteiger partial charge >= 0.3 is 12.2 Å². The Morgan fingerprint density at radius 1 is 0.786 bits per heavy atom. The van der Waals surface area contributed by atoms with Crippen LogP contribution in [-0.2, 0) is 9.47 Å². The van der Waals surface area contributed by atoms with Gasteiger partial charge in [0.25, 0.3) is 0 Å². The summed E-state index contributed by atoms with van der Waals surface area (Å²) in [5, 5.41) is 1.15. The number of hydrogen-bond donors (Lipinski definition) is 0. The van der Waals surface area contributed by atoms with Crippen LogP contribution in [0.15, 0.2) is 36.4 Å². The summed E-state index contributed by atoms with van der Waals surface area (Å²) in [6.45, 7) is 17.4. The van der Waals surface area contributed by atoms with Crippen molar-refractivity contribution in [3.63, 3.8) is 0 Å². The molecule has 0 atom stereocenters. The summed E-state index contributed by atoms with van der Waals surface area (Å²) in [6, 6.07) is 12.9. The maximum absolute atomic E-state index is 12.6. The smallest absolute Gasteiger partial charge is 0.410 e. The van der Waals surface area contributed by atoms with Crippen LogP contribution in [-0.4, -0.2) is 90.5 Å². The van der Waals surface area contributed by atoms with Gasteiger partial charge in [0.15, 0.2) is 6.54 Å². The molecule has 0 N–H and O–H groups in total. The highest BCUT2D eigenvalue weighted by Crippen LogP contribution is 2.32. The maximum atomic E-state index is 12.6. The number of carbonyl (C=O) groups is 2. The number of rotatable bonds is 1. The van der Waals surface area contributed by atoms with Crippen LogP contribution in [0.4, 0.5) is 15.3 Å². The fraction of sp³-hybridized carbons (Fsp3) is 0.562. The van der Waals surface area contributed by atoms with E-state index in [1.54, 1.807) is 11.3 Å². The van der Waals surface area contributed by atoms with Gasteiger partial charge in [0.05, 0.1) is 27.3 Å². The van der Waals surface area contributed by atoms with E-state index in [0.29, 0.717) is 26.2 Å². The third-order valence-electron chi connectivity index (χ3n) is 7.37. The number of anilines is 1. The van der Waals surface area contributed by atoms with Crippen molar-refractivity contribution in [1.29, 1.82) is 0 Å². The maximum Gasteiger partial charge on any atom is 0.410 e. The first kappa shape index (κ1) is 30.1. The average Bonchev–Trinajstić information content (AvgIpc) is 3.31. The van der Waals surface area contributed by atoms with Gasteiger partial charge in [-0.2, -0.15) is 0 Å². The monoisotopic (exact) mass is 594 g/mol. The molecular weight excluding hydrogens is 550 g/mol. The Balaban J connectivity index is 1.34. The lowest BCUT2D eigenvalue weighted by molar-refractivity contribution is 0.0252. The molecule has 2 amide bonds. The van der Waals surface area contributed by atoms with Gasteiger partial charge in [-0.1, -0.05) is 0 Å². The molecular formula is C32H44N5O4S+. The van der Waals surface area contributed by atoms with E-state index in [1.807, 2.05) is 51.3 Å². The van der Waals surface area contributed by atoms with Crippen molar-refractivity contribution in [3.8, 4) is 10.6 Å². The van der Waals surface area contributed by atoms with Gasteiger partial charge in [-0.05, 0) is 72.2 Å². The van der Waals surface area contributed by atoms with Crippen LogP contribution in [0.2, 0.25) is 0 Å². The van der Waals surface area contributed by atoms with Crippen LogP contribution in [0.3, 0.4) is 0 Å². The molecule has 0 spiro atoms. The van der Waals surface area contributed by atoms with Gasteiger partial charge in [0, 0.05) is 57.0 Å². The fourth-order valence-corrected chi connectivity index (χ4v) is 6.40. The number of nitrogens with zero attached hydrogens (tertiary/aromatic N) is 5. The van der Waals surface area contributed by atoms with Gasteiger partial charge in [0.1, 0.15) is 17.7 Å². The topological polar surface area (TPSA) is 78.2 Å². The largest absolute Gasteiger partial charge is 0.444 e. The fourth-order valence-electron chi connectivity index (χ4n) is 5.36. The normalized spacial score (nSPS) is 18.6. The van der Waals surface area contributed by atoms with Crippen LogP contribution in [0, 0.1) is 0 Å². The second-order valence-electron chi connectivity index (χ2n) is 13.1. The number of amides is 2. The number of hydrogen-bond acceptors (Lipinski definition) is 7. The molecule has 3 heterocycles. The Bertz CT molecular complexity index is 1490. The number of fused-ring (bicyclic) bond motifs is 2. The van der Waals surface area contributed by atoms with Crippen molar-refractivity contribution >= 4 is 39.4 Å². The highest BCUT2D eigenvalue weighted by atomic mass is 32.1. The molecule has 0 aromatic heterocycles. The van der Waals surface area contributed by atoms with Crippen molar-refractivity contribution in [1.82, 2.24) is 19.4 Å². The van der Waals surface area contributed by atoms with Gasteiger partial charge in [-0.15, -0.1) is 11.3 Å². The first-order valence-corrected chi connectivity index (χ1v) is 15.8.